The van der Waals surface area contributed by atoms with Gasteiger partial charge in [-0.15, -0.1) is 0 Å². The summed E-state index contributed by atoms with van der Waals surface area (Å²) < 4.78 is 22.5. The van der Waals surface area contributed by atoms with Crippen LogP contribution in [0.1, 0.15) is 226 Å². The lowest BCUT2D eigenvalue weighted by atomic mass is 9.81. The fourth-order valence-electron chi connectivity index (χ4n) is 6.97. The second-order valence-electron chi connectivity index (χ2n) is 15.2. The van der Waals surface area contributed by atoms with E-state index < -0.39 is 39.2 Å². The fraction of sp³-hybridized carbons (Fsp3) is 1.00. The Bertz CT molecular complexity index is 697. The van der Waals surface area contributed by atoms with Crippen LogP contribution in [0.5, 0.6) is 0 Å². The molecule has 1 atom stereocenters. The first-order valence-corrected chi connectivity index (χ1v) is 22.9. The normalized spacial score (nSPS) is 13.0. The molecule has 4 N–H and O–H groups in total. The lowest BCUT2D eigenvalue weighted by Gasteiger charge is -2.37. The van der Waals surface area contributed by atoms with Crippen LogP contribution in [0.3, 0.4) is 0 Å². The van der Waals surface area contributed by atoms with Gasteiger partial charge in [-0.25, -0.2) is 4.57 Å². The smallest absolute Gasteiger partial charge is 0.396 e. The number of ether oxygens (including phenoxy) is 1. The Morgan fingerprint density at radius 3 is 1.04 bits per heavy atom. The number of hydrogen-bond acceptors (Lipinski definition) is 5. The number of unbranched alkanes of at least 4 members (excludes halogenated alkanes) is 30. The van der Waals surface area contributed by atoms with Gasteiger partial charge in [-0.1, -0.05) is 213 Å². The molecule has 49 heavy (non-hydrogen) atoms. The van der Waals surface area contributed by atoms with E-state index in [1.165, 1.54) is 173 Å². The summed E-state index contributed by atoms with van der Waals surface area (Å²) in [7, 11) is -4.74. The molecule has 0 saturated carbocycles. The first-order valence-electron chi connectivity index (χ1n) is 21.4. The van der Waals surface area contributed by atoms with Crippen molar-refractivity contribution in [2.45, 2.75) is 232 Å². The highest BCUT2D eigenvalue weighted by molar-refractivity contribution is 7.46. The van der Waals surface area contributed by atoms with Gasteiger partial charge in [0, 0.05) is 6.61 Å². The van der Waals surface area contributed by atoms with Gasteiger partial charge in [0.05, 0.1) is 31.3 Å². The van der Waals surface area contributed by atoms with Crippen molar-refractivity contribution in [3.63, 3.8) is 0 Å². The van der Waals surface area contributed by atoms with Gasteiger partial charge >= 0.3 is 7.82 Å². The summed E-state index contributed by atoms with van der Waals surface area (Å²) in [6.45, 7) is 3.71. The van der Waals surface area contributed by atoms with Crippen LogP contribution in [0.2, 0.25) is 0 Å². The van der Waals surface area contributed by atoms with Crippen molar-refractivity contribution in [1.82, 2.24) is 0 Å². The van der Waals surface area contributed by atoms with E-state index in [1.807, 2.05) is 0 Å². The van der Waals surface area contributed by atoms with Gasteiger partial charge in [0.25, 0.3) is 0 Å². The summed E-state index contributed by atoms with van der Waals surface area (Å²) >= 11 is 0. The van der Waals surface area contributed by atoms with Crippen LogP contribution in [0.4, 0.5) is 0 Å². The zero-order valence-electron chi connectivity index (χ0n) is 32.7. The van der Waals surface area contributed by atoms with Crippen LogP contribution in [-0.4, -0.2) is 52.5 Å². The monoisotopic (exact) mass is 721 g/mol. The molecule has 0 aliphatic carbocycles. The Morgan fingerprint density at radius 1 is 0.469 bits per heavy atom. The third-order valence-electron chi connectivity index (χ3n) is 10.5. The van der Waals surface area contributed by atoms with E-state index in [-0.39, 0.29) is 0 Å². The molecule has 0 aromatic heterocycles. The Kier molecular flexibility index (Phi) is 36.3. The van der Waals surface area contributed by atoms with Gasteiger partial charge in [0.15, 0.2) is 0 Å². The molecule has 0 rings (SSSR count). The number of aliphatic hydroxyl groups excluding tert-OH is 2. The maximum absolute atomic E-state index is 11.4. The molecule has 0 spiro atoms. The summed E-state index contributed by atoms with van der Waals surface area (Å²) in [6, 6.07) is 0. The number of aliphatic hydroxyl groups is 2. The van der Waals surface area contributed by atoms with Crippen molar-refractivity contribution in [3.05, 3.63) is 0 Å². The summed E-state index contributed by atoms with van der Waals surface area (Å²) in [4.78, 5) is 18.6. The fourth-order valence-corrected chi connectivity index (χ4v) is 7.40. The van der Waals surface area contributed by atoms with E-state index in [0.29, 0.717) is 13.0 Å². The predicted octanol–water partition coefficient (Wildman–Crippen LogP) is 12.4. The highest BCUT2D eigenvalue weighted by Crippen LogP contribution is 2.40. The first kappa shape index (κ1) is 49.0. The van der Waals surface area contributed by atoms with Gasteiger partial charge in [0.2, 0.25) is 0 Å². The number of rotatable bonds is 41. The molecule has 0 radical (unpaired) electrons. The molecule has 1 unspecified atom stereocenters. The maximum atomic E-state index is 11.4. The molecule has 296 valence electrons. The minimum absolute atomic E-state index is 0.438. The molecule has 0 amide bonds. The van der Waals surface area contributed by atoms with Gasteiger partial charge in [0.1, 0.15) is 0 Å². The zero-order chi connectivity index (χ0) is 36.2. The van der Waals surface area contributed by atoms with Crippen LogP contribution in [0.25, 0.3) is 0 Å². The average molecular weight is 721 g/mol. The van der Waals surface area contributed by atoms with Crippen molar-refractivity contribution in [2.75, 3.05) is 26.4 Å². The molecule has 0 aromatic carbocycles. The number of phosphoric ester groups is 1. The second-order valence-corrected chi connectivity index (χ2v) is 16.4. The van der Waals surface area contributed by atoms with E-state index in [1.54, 1.807) is 0 Å². The lowest BCUT2D eigenvalue weighted by Crippen LogP contribution is -2.47. The van der Waals surface area contributed by atoms with E-state index in [2.05, 4.69) is 13.8 Å². The number of hydrogen-bond donors (Lipinski definition) is 4. The summed E-state index contributed by atoms with van der Waals surface area (Å²) in [6.07, 6.45) is 41.6. The summed E-state index contributed by atoms with van der Waals surface area (Å²) in [5.41, 5.74) is -1.24. The van der Waals surface area contributed by atoms with Crippen molar-refractivity contribution < 1.29 is 33.8 Å². The van der Waals surface area contributed by atoms with Crippen LogP contribution in [-0.2, 0) is 13.8 Å². The SMILES string of the molecule is CCCCCCCCCCCCCCCCCCOC(CCCCCCCCCCCCCCCCCC)C(CO)(CO)COP(=O)(O)O. The topological polar surface area (TPSA) is 116 Å². The standard InChI is InChI=1S/C41H85O7P/c1-3-5-7-9-11-13-15-17-19-21-23-25-27-29-31-33-35-40(41(37-42,38-43)39-48-49(44,45)46)47-36-34-32-30-28-26-24-22-20-18-16-14-12-10-8-6-4-2/h40,42-43H,3-39H2,1-2H3,(H2,44,45,46). The average Bonchev–Trinajstić information content (AvgIpc) is 3.09. The van der Waals surface area contributed by atoms with E-state index in [4.69, 9.17) is 9.26 Å². The Balaban J connectivity index is 4.19. The van der Waals surface area contributed by atoms with Crippen molar-refractivity contribution in [3.8, 4) is 0 Å². The molecule has 0 aliphatic rings. The van der Waals surface area contributed by atoms with Crippen LogP contribution in [0.15, 0.2) is 0 Å². The van der Waals surface area contributed by atoms with E-state index in [9.17, 15) is 24.6 Å². The number of phosphoric acid groups is 1. The third kappa shape index (κ3) is 32.4. The van der Waals surface area contributed by atoms with Crippen molar-refractivity contribution in [2.24, 2.45) is 5.41 Å². The zero-order valence-corrected chi connectivity index (χ0v) is 33.6. The molecule has 7 nitrogen and oxygen atoms in total. The van der Waals surface area contributed by atoms with Gasteiger partial charge in [-0.2, -0.15) is 0 Å². The van der Waals surface area contributed by atoms with Crippen molar-refractivity contribution in [1.29, 1.82) is 0 Å². The maximum Gasteiger partial charge on any atom is 0.469 e. The van der Waals surface area contributed by atoms with Crippen LogP contribution < -0.4 is 0 Å². The molecule has 0 aromatic rings. The Morgan fingerprint density at radius 2 is 0.755 bits per heavy atom. The molecular formula is C41H85O7P. The van der Waals surface area contributed by atoms with Crippen molar-refractivity contribution >= 4 is 7.82 Å². The van der Waals surface area contributed by atoms with Crippen LogP contribution in [0, 0.1) is 5.41 Å². The molecule has 0 fully saturated rings. The molecule has 0 aliphatic heterocycles. The van der Waals surface area contributed by atoms with E-state index >= 15 is 0 Å². The summed E-state index contributed by atoms with van der Waals surface area (Å²) in [5.74, 6) is 0. The Hall–Kier alpha value is -0.0100. The molecule has 0 bridgehead atoms. The molecule has 8 heteroatoms. The molecular weight excluding hydrogens is 635 g/mol. The van der Waals surface area contributed by atoms with Gasteiger partial charge in [-0.05, 0) is 12.8 Å². The van der Waals surface area contributed by atoms with Gasteiger partial charge in [-0.3, -0.25) is 4.52 Å². The second kappa shape index (κ2) is 36.4. The van der Waals surface area contributed by atoms with Crippen LogP contribution >= 0.6 is 7.82 Å². The highest BCUT2D eigenvalue weighted by atomic mass is 31.2. The minimum atomic E-state index is -4.74. The molecule has 0 saturated heterocycles. The Labute approximate surface area is 304 Å². The van der Waals surface area contributed by atoms with Gasteiger partial charge < -0.3 is 24.7 Å². The highest BCUT2D eigenvalue weighted by Gasteiger charge is 2.41. The lowest BCUT2D eigenvalue weighted by molar-refractivity contribution is -0.115. The minimum Gasteiger partial charge on any atom is -0.396 e. The largest absolute Gasteiger partial charge is 0.469 e. The summed E-state index contributed by atoms with van der Waals surface area (Å²) in [5, 5.41) is 20.5. The van der Waals surface area contributed by atoms with E-state index in [0.717, 1.165) is 32.1 Å². The molecule has 0 heterocycles. The first-order chi connectivity index (χ1) is 23.8. The third-order valence-corrected chi connectivity index (χ3v) is 10.9. The quantitative estimate of drug-likeness (QED) is 0.0367. The predicted molar refractivity (Wildman–Crippen MR) is 208 cm³/mol.